The van der Waals surface area contributed by atoms with Gasteiger partial charge in [0.2, 0.25) is 0 Å². The Balaban J connectivity index is 0.000000205. The Kier molecular flexibility index (Phi) is 4.54. The largest absolute Gasteiger partial charge is 0.508 e. The molecule has 0 bridgehead atoms. The molecule has 3 rings (SSSR count). The van der Waals surface area contributed by atoms with Crippen molar-refractivity contribution in [3.8, 4) is 11.5 Å². The van der Waals surface area contributed by atoms with Crippen LogP contribution in [-0.4, -0.2) is 36.6 Å². The lowest BCUT2D eigenvalue weighted by Gasteiger charge is -2.09. The summed E-state index contributed by atoms with van der Waals surface area (Å²) in [5.74, 6) is -2.23. The minimum Gasteiger partial charge on any atom is -0.508 e. The van der Waals surface area contributed by atoms with Crippen LogP contribution >= 0.6 is 0 Å². The molecule has 6 nitrogen and oxygen atoms in total. The Morgan fingerprint density at radius 1 is 1.05 bits per heavy atom. The Morgan fingerprint density at radius 3 is 2.20 bits per heavy atom. The maximum atomic E-state index is 12.8. The van der Waals surface area contributed by atoms with E-state index in [1.807, 2.05) is 0 Å². The zero-order chi connectivity index (χ0) is 14.5. The van der Waals surface area contributed by atoms with Crippen LogP contribution in [0.1, 0.15) is 0 Å². The van der Waals surface area contributed by atoms with E-state index in [1.54, 1.807) is 0 Å². The molecule has 1 aliphatic heterocycles. The van der Waals surface area contributed by atoms with Gasteiger partial charge in [0.05, 0.1) is 31.8 Å². The predicted octanol–water partition coefficient (Wildman–Crippen LogP) is 1.38. The van der Waals surface area contributed by atoms with E-state index < -0.39 is 17.2 Å². The average Bonchev–Trinajstić information content (AvgIpc) is 2.47. The molecule has 0 radical (unpaired) electrons. The molecule has 0 amide bonds. The van der Waals surface area contributed by atoms with Crippen molar-refractivity contribution in [2.24, 2.45) is 0 Å². The third-order valence-electron chi connectivity index (χ3n) is 2.55. The molecular formula is C13H13FO6. The van der Waals surface area contributed by atoms with Crippen molar-refractivity contribution < 1.29 is 28.5 Å². The van der Waals surface area contributed by atoms with Gasteiger partial charge in [-0.05, 0) is 12.1 Å². The summed E-state index contributed by atoms with van der Waals surface area (Å²) in [4.78, 5) is 10.8. The number of aromatic hydroxyl groups is 2. The standard InChI is InChI=1S/C9H5FO4.C4H8O2/c10-7-8(12)5-2-1-4(11)3-6(5)14-9(7)13;1-2-6-4-3-5-1/h1-3,11-12H;1-4H2. The zero-order valence-corrected chi connectivity index (χ0v) is 10.5. The van der Waals surface area contributed by atoms with Crippen molar-refractivity contribution in [3.05, 3.63) is 34.4 Å². The fourth-order valence-electron chi connectivity index (χ4n) is 1.59. The van der Waals surface area contributed by atoms with E-state index in [2.05, 4.69) is 4.42 Å². The van der Waals surface area contributed by atoms with Crippen molar-refractivity contribution in [2.45, 2.75) is 0 Å². The Morgan fingerprint density at radius 2 is 1.65 bits per heavy atom. The van der Waals surface area contributed by atoms with E-state index in [-0.39, 0.29) is 16.7 Å². The van der Waals surface area contributed by atoms with Crippen molar-refractivity contribution >= 4 is 11.0 Å². The quantitative estimate of drug-likeness (QED) is 0.710. The fourth-order valence-corrected chi connectivity index (χ4v) is 1.59. The van der Waals surface area contributed by atoms with Crippen LogP contribution in [0.3, 0.4) is 0 Å². The molecule has 0 unspecified atom stereocenters. The molecule has 0 spiro atoms. The summed E-state index contributed by atoms with van der Waals surface area (Å²) in [6.07, 6.45) is 0. The van der Waals surface area contributed by atoms with Crippen LogP contribution in [0.4, 0.5) is 4.39 Å². The first-order valence-electron chi connectivity index (χ1n) is 5.89. The number of phenolic OH excluding ortho intramolecular Hbond substituents is 1. The van der Waals surface area contributed by atoms with Crippen LogP contribution in [0.15, 0.2) is 27.4 Å². The summed E-state index contributed by atoms with van der Waals surface area (Å²) >= 11 is 0. The lowest BCUT2D eigenvalue weighted by atomic mass is 10.2. The number of fused-ring (bicyclic) bond motifs is 1. The second-order valence-electron chi connectivity index (χ2n) is 3.96. The van der Waals surface area contributed by atoms with Gasteiger partial charge in [0.25, 0.3) is 5.82 Å². The lowest BCUT2D eigenvalue weighted by Crippen LogP contribution is -2.16. The molecule has 1 saturated heterocycles. The van der Waals surface area contributed by atoms with Gasteiger partial charge in [-0.1, -0.05) is 0 Å². The Labute approximate surface area is 113 Å². The summed E-state index contributed by atoms with van der Waals surface area (Å²) in [6.45, 7) is 3.11. The number of hydrogen-bond donors (Lipinski definition) is 2. The van der Waals surface area contributed by atoms with Crippen LogP contribution in [0.5, 0.6) is 11.5 Å². The molecule has 7 heteroatoms. The van der Waals surface area contributed by atoms with Gasteiger partial charge >= 0.3 is 5.63 Å². The predicted molar refractivity (Wildman–Crippen MR) is 67.4 cm³/mol. The van der Waals surface area contributed by atoms with Crippen molar-refractivity contribution in [2.75, 3.05) is 26.4 Å². The van der Waals surface area contributed by atoms with Gasteiger partial charge in [-0.3, -0.25) is 0 Å². The van der Waals surface area contributed by atoms with E-state index in [0.29, 0.717) is 0 Å². The number of rotatable bonds is 0. The van der Waals surface area contributed by atoms with E-state index in [0.717, 1.165) is 32.5 Å². The van der Waals surface area contributed by atoms with Crippen LogP contribution in [-0.2, 0) is 9.47 Å². The summed E-state index contributed by atoms with van der Waals surface area (Å²) in [7, 11) is 0. The van der Waals surface area contributed by atoms with Gasteiger partial charge in [-0.25, -0.2) is 4.79 Å². The van der Waals surface area contributed by atoms with Gasteiger partial charge < -0.3 is 24.1 Å². The number of ether oxygens (including phenoxy) is 2. The van der Waals surface area contributed by atoms with Crippen LogP contribution < -0.4 is 5.63 Å². The number of halogens is 1. The topological polar surface area (TPSA) is 89.1 Å². The van der Waals surface area contributed by atoms with E-state index in [1.165, 1.54) is 12.1 Å². The highest BCUT2D eigenvalue weighted by atomic mass is 19.1. The molecule has 1 aromatic carbocycles. The number of hydrogen-bond acceptors (Lipinski definition) is 6. The third kappa shape index (κ3) is 3.25. The minimum absolute atomic E-state index is 0.0416. The molecule has 2 heterocycles. The van der Waals surface area contributed by atoms with E-state index >= 15 is 0 Å². The van der Waals surface area contributed by atoms with Crippen LogP contribution in [0.25, 0.3) is 11.0 Å². The first kappa shape index (κ1) is 14.3. The molecule has 0 aliphatic carbocycles. The van der Waals surface area contributed by atoms with Gasteiger partial charge in [-0.15, -0.1) is 0 Å². The zero-order valence-electron chi connectivity index (χ0n) is 10.5. The number of phenols is 1. The fraction of sp³-hybridized carbons (Fsp3) is 0.308. The molecular weight excluding hydrogens is 271 g/mol. The van der Waals surface area contributed by atoms with Crippen molar-refractivity contribution in [1.82, 2.24) is 0 Å². The van der Waals surface area contributed by atoms with Gasteiger partial charge in [0.1, 0.15) is 11.3 Å². The first-order valence-corrected chi connectivity index (χ1v) is 5.89. The van der Waals surface area contributed by atoms with Crippen molar-refractivity contribution in [3.63, 3.8) is 0 Å². The molecule has 20 heavy (non-hydrogen) atoms. The van der Waals surface area contributed by atoms with Crippen LogP contribution in [0, 0.1) is 5.82 Å². The molecule has 1 aromatic heterocycles. The van der Waals surface area contributed by atoms with Gasteiger partial charge in [0.15, 0.2) is 5.75 Å². The smallest absolute Gasteiger partial charge is 0.376 e. The van der Waals surface area contributed by atoms with Crippen molar-refractivity contribution in [1.29, 1.82) is 0 Å². The summed E-state index contributed by atoms with van der Waals surface area (Å²) in [5.41, 5.74) is -1.32. The minimum atomic E-state index is -1.33. The highest BCUT2D eigenvalue weighted by Gasteiger charge is 2.13. The van der Waals surface area contributed by atoms with Crippen LogP contribution in [0.2, 0.25) is 0 Å². The average molecular weight is 284 g/mol. The SMILES string of the molecule is C1COCCO1.O=c1oc2cc(O)ccc2c(O)c1F. The van der Waals surface area contributed by atoms with Gasteiger partial charge in [0, 0.05) is 6.07 Å². The maximum Gasteiger partial charge on any atom is 0.376 e. The highest BCUT2D eigenvalue weighted by molar-refractivity contribution is 5.83. The first-order chi connectivity index (χ1) is 9.59. The second kappa shape index (κ2) is 6.36. The van der Waals surface area contributed by atoms with E-state index in [4.69, 9.17) is 14.6 Å². The molecule has 1 fully saturated rings. The summed E-state index contributed by atoms with van der Waals surface area (Å²) in [6, 6.07) is 3.63. The van der Waals surface area contributed by atoms with E-state index in [9.17, 15) is 14.3 Å². The molecule has 2 aromatic rings. The molecule has 0 saturated carbocycles. The summed E-state index contributed by atoms with van der Waals surface area (Å²) < 4.78 is 27.2. The molecule has 108 valence electrons. The monoisotopic (exact) mass is 284 g/mol. The normalized spacial score (nSPS) is 14.7. The second-order valence-corrected chi connectivity index (χ2v) is 3.96. The molecule has 0 atom stereocenters. The molecule has 1 aliphatic rings. The summed E-state index contributed by atoms with van der Waals surface area (Å²) in [5, 5.41) is 18.3. The number of benzene rings is 1. The molecule has 2 N–H and O–H groups in total. The Hall–Kier alpha value is -2.12. The third-order valence-corrected chi connectivity index (χ3v) is 2.55. The van der Waals surface area contributed by atoms with Gasteiger partial charge in [-0.2, -0.15) is 4.39 Å². The maximum absolute atomic E-state index is 12.8. The lowest BCUT2D eigenvalue weighted by molar-refractivity contribution is -0.0334. The highest BCUT2D eigenvalue weighted by Crippen LogP contribution is 2.27. The Bertz CT molecular complexity index is 636.